The van der Waals surface area contributed by atoms with Gasteiger partial charge in [0.15, 0.2) is 0 Å². The summed E-state index contributed by atoms with van der Waals surface area (Å²) in [6.45, 7) is 9.56. The molecule has 1 aromatic rings. The van der Waals surface area contributed by atoms with Gasteiger partial charge in [-0.3, -0.25) is 0 Å². The Morgan fingerprint density at radius 2 is 2.06 bits per heavy atom. The van der Waals surface area contributed by atoms with Crippen LogP contribution in [0.15, 0.2) is 18.3 Å². The average molecular weight is 234 g/mol. The van der Waals surface area contributed by atoms with E-state index in [0.29, 0.717) is 0 Å². The molecule has 0 aromatic carbocycles. The maximum absolute atomic E-state index is 2.65. The predicted molar refractivity (Wildman–Crippen MR) is 73.4 cm³/mol. The minimum Gasteiger partial charge on any atom is -0.351 e. The molecule has 1 atom stereocenters. The summed E-state index contributed by atoms with van der Waals surface area (Å²) in [5.41, 5.74) is 1.56. The van der Waals surface area contributed by atoms with Crippen LogP contribution in [0.1, 0.15) is 51.1 Å². The third-order valence-corrected chi connectivity index (χ3v) is 3.79. The summed E-state index contributed by atoms with van der Waals surface area (Å²) in [7, 11) is 0. The Balaban J connectivity index is 1.99. The van der Waals surface area contributed by atoms with Gasteiger partial charge in [-0.05, 0) is 50.9 Å². The van der Waals surface area contributed by atoms with Crippen LogP contribution in [-0.4, -0.2) is 29.1 Å². The molecule has 0 saturated heterocycles. The summed E-state index contributed by atoms with van der Waals surface area (Å²) in [6.07, 6.45) is 7.50. The van der Waals surface area contributed by atoms with E-state index in [9.17, 15) is 0 Å². The van der Waals surface area contributed by atoms with Gasteiger partial charge in [0.25, 0.3) is 0 Å². The molecule has 17 heavy (non-hydrogen) atoms. The fraction of sp³-hybridized carbons (Fsp3) is 0.733. The normalized spacial score (nSPS) is 19.6. The van der Waals surface area contributed by atoms with Gasteiger partial charge in [-0.2, -0.15) is 0 Å². The molecule has 2 rings (SSSR count). The van der Waals surface area contributed by atoms with Gasteiger partial charge in [0.1, 0.15) is 0 Å². The van der Waals surface area contributed by atoms with E-state index < -0.39 is 0 Å². The third kappa shape index (κ3) is 3.12. The molecule has 0 spiro atoms. The van der Waals surface area contributed by atoms with Crippen molar-refractivity contribution in [3.05, 3.63) is 24.0 Å². The number of aryl methyl sites for hydroxylation is 1. The van der Waals surface area contributed by atoms with Crippen LogP contribution in [0.4, 0.5) is 0 Å². The standard InChI is InChI=1S/C15H26N2/c1-3-9-16(10-4-2)13-14-7-5-11-17-12-6-8-15(14)17/h6,8,12,14H,3-5,7,9-11,13H2,1-2H3. The zero-order valence-corrected chi connectivity index (χ0v) is 11.4. The number of hydrogen-bond donors (Lipinski definition) is 0. The first-order valence-corrected chi connectivity index (χ1v) is 7.22. The van der Waals surface area contributed by atoms with Crippen molar-refractivity contribution in [1.82, 2.24) is 9.47 Å². The minimum absolute atomic E-state index is 0.761. The van der Waals surface area contributed by atoms with E-state index in [1.807, 2.05) is 0 Å². The number of rotatable bonds is 6. The van der Waals surface area contributed by atoms with Crippen molar-refractivity contribution in [1.29, 1.82) is 0 Å². The maximum atomic E-state index is 2.65. The van der Waals surface area contributed by atoms with E-state index in [1.165, 1.54) is 51.9 Å². The minimum atomic E-state index is 0.761. The summed E-state index contributed by atoms with van der Waals surface area (Å²) < 4.78 is 2.45. The molecule has 1 unspecified atom stereocenters. The number of hydrogen-bond acceptors (Lipinski definition) is 1. The first kappa shape index (κ1) is 12.7. The van der Waals surface area contributed by atoms with Crippen LogP contribution >= 0.6 is 0 Å². The van der Waals surface area contributed by atoms with Gasteiger partial charge in [0.2, 0.25) is 0 Å². The zero-order valence-electron chi connectivity index (χ0n) is 11.4. The van der Waals surface area contributed by atoms with Crippen molar-refractivity contribution in [2.24, 2.45) is 0 Å². The molecule has 0 amide bonds. The van der Waals surface area contributed by atoms with Crippen LogP contribution < -0.4 is 0 Å². The Kier molecular flexibility index (Phi) is 4.66. The lowest BCUT2D eigenvalue weighted by atomic mass is 9.95. The van der Waals surface area contributed by atoms with Crippen LogP contribution in [-0.2, 0) is 6.54 Å². The monoisotopic (exact) mass is 234 g/mol. The summed E-state index contributed by atoms with van der Waals surface area (Å²) >= 11 is 0. The van der Waals surface area contributed by atoms with Crippen molar-refractivity contribution in [2.45, 2.75) is 52.0 Å². The Bertz CT molecular complexity index is 323. The van der Waals surface area contributed by atoms with Crippen LogP contribution in [0.3, 0.4) is 0 Å². The van der Waals surface area contributed by atoms with E-state index in [2.05, 4.69) is 41.6 Å². The fourth-order valence-corrected chi connectivity index (χ4v) is 3.08. The Labute approximate surface area is 106 Å². The van der Waals surface area contributed by atoms with E-state index in [1.54, 1.807) is 5.69 Å². The highest BCUT2D eigenvalue weighted by Gasteiger charge is 2.21. The van der Waals surface area contributed by atoms with Crippen LogP contribution in [0.25, 0.3) is 0 Å². The lowest BCUT2D eigenvalue weighted by Gasteiger charge is -2.30. The highest BCUT2D eigenvalue weighted by Crippen LogP contribution is 2.28. The third-order valence-electron chi connectivity index (χ3n) is 3.79. The van der Waals surface area contributed by atoms with E-state index in [4.69, 9.17) is 0 Å². The topological polar surface area (TPSA) is 8.17 Å². The summed E-state index contributed by atoms with van der Waals surface area (Å²) in [5, 5.41) is 0. The van der Waals surface area contributed by atoms with Gasteiger partial charge < -0.3 is 9.47 Å². The first-order valence-electron chi connectivity index (χ1n) is 7.22. The molecule has 0 bridgehead atoms. The Morgan fingerprint density at radius 1 is 1.29 bits per heavy atom. The largest absolute Gasteiger partial charge is 0.351 e. The van der Waals surface area contributed by atoms with E-state index in [-0.39, 0.29) is 0 Å². The number of aromatic nitrogens is 1. The van der Waals surface area contributed by atoms with Crippen molar-refractivity contribution in [3.8, 4) is 0 Å². The van der Waals surface area contributed by atoms with Crippen LogP contribution in [0, 0.1) is 0 Å². The van der Waals surface area contributed by atoms with Crippen molar-refractivity contribution in [2.75, 3.05) is 19.6 Å². The second-order valence-electron chi connectivity index (χ2n) is 5.27. The molecule has 0 aliphatic carbocycles. The molecule has 0 radical (unpaired) electrons. The molecule has 0 fully saturated rings. The molecule has 1 aliphatic heterocycles. The summed E-state index contributed by atoms with van der Waals surface area (Å²) in [5.74, 6) is 0.761. The highest BCUT2D eigenvalue weighted by atomic mass is 15.1. The van der Waals surface area contributed by atoms with Crippen molar-refractivity contribution in [3.63, 3.8) is 0 Å². The SMILES string of the molecule is CCCN(CCC)CC1CCCn2cccc21. The molecule has 2 heterocycles. The van der Waals surface area contributed by atoms with Gasteiger partial charge in [-0.25, -0.2) is 0 Å². The molecule has 2 nitrogen and oxygen atoms in total. The van der Waals surface area contributed by atoms with Gasteiger partial charge in [-0.15, -0.1) is 0 Å². The second-order valence-corrected chi connectivity index (χ2v) is 5.27. The second kappa shape index (κ2) is 6.25. The predicted octanol–water partition coefficient (Wildman–Crippen LogP) is 3.49. The molecular weight excluding hydrogens is 208 g/mol. The van der Waals surface area contributed by atoms with E-state index in [0.717, 1.165) is 5.92 Å². The quantitative estimate of drug-likeness (QED) is 0.731. The molecule has 0 saturated carbocycles. The van der Waals surface area contributed by atoms with Gasteiger partial charge in [0, 0.05) is 30.9 Å². The lowest BCUT2D eigenvalue weighted by molar-refractivity contribution is 0.240. The van der Waals surface area contributed by atoms with Crippen LogP contribution in [0.2, 0.25) is 0 Å². The molecule has 96 valence electrons. The fourth-order valence-electron chi connectivity index (χ4n) is 3.08. The lowest BCUT2D eigenvalue weighted by Crippen LogP contribution is -2.32. The van der Waals surface area contributed by atoms with Crippen molar-refractivity contribution < 1.29 is 0 Å². The zero-order chi connectivity index (χ0) is 12.1. The smallest absolute Gasteiger partial charge is 0.0222 e. The summed E-state index contributed by atoms with van der Waals surface area (Å²) in [6, 6.07) is 4.53. The molecule has 1 aromatic heterocycles. The van der Waals surface area contributed by atoms with Gasteiger partial charge in [0.05, 0.1) is 0 Å². The van der Waals surface area contributed by atoms with Crippen LogP contribution in [0.5, 0.6) is 0 Å². The molecule has 0 N–H and O–H groups in total. The molecule has 2 heteroatoms. The number of nitrogens with zero attached hydrogens (tertiary/aromatic N) is 2. The van der Waals surface area contributed by atoms with E-state index >= 15 is 0 Å². The van der Waals surface area contributed by atoms with Gasteiger partial charge in [-0.1, -0.05) is 13.8 Å². The Hall–Kier alpha value is -0.760. The van der Waals surface area contributed by atoms with Gasteiger partial charge >= 0.3 is 0 Å². The molecule has 1 aliphatic rings. The average Bonchev–Trinajstić information content (AvgIpc) is 2.79. The molecular formula is C15H26N2. The Morgan fingerprint density at radius 3 is 2.76 bits per heavy atom. The van der Waals surface area contributed by atoms with Crippen molar-refractivity contribution >= 4 is 0 Å². The maximum Gasteiger partial charge on any atom is 0.0222 e. The number of fused-ring (bicyclic) bond motifs is 1. The summed E-state index contributed by atoms with van der Waals surface area (Å²) in [4.78, 5) is 2.65. The first-order chi connectivity index (χ1) is 8.35. The highest BCUT2D eigenvalue weighted by molar-refractivity contribution is 5.15.